The van der Waals surface area contributed by atoms with Gasteiger partial charge in [-0.2, -0.15) is 5.26 Å². The van der Waals surface area contributed by atoms with Crippen molar-refractivity contribution in [1.82, 2.24) is 5.32 Å². The van der Waals surface area contributed by atoms with Crippen molar-refractivity contribution in [2.45, 2.75) is 32.7 Å². The van der Waals surface area contributed by atoms with E-state index in [2.05, 4.69) is 17.2 Å². The second-order valence-electron chi connectivity index (χ2n) is 3.79. The fourth-order valence-electron chi connectivity index (χ4n) is 1.51. The van der Waals surface area contributed by atoms with E-state index in [1.54, 1.807) is 0 Å². The van der Waals surface area contributed by atoms with Crippen molar-refractivity contribution < 1.29 is 0 Å². The summed E-state index contributed by atoms with van der Waals surface area (Å²) in [5.41, 5.74) is 1.09. The van der Waals surface area contributed by atoms with E-state index in [1.807, 2.05) is 37.4 Å². The van der Waals surface area contributed by atoms with Gasteiger partial charge in [0.05, 0.1) is 6.04 Å². The number of nitrogens with zero attached hydrogens (tertiary/aromatic N) is 2. The Morgan fingerprint density at radius 3 is 2.65 bits per heavy atom. The zero-order valence-electron chi connectivity index (χ0n) is 10.1. The molecular weight excluding hydrogens is 234 g/mol. The summed E-state index contributed by atoms with van der Waals surface area (Å²) in [6, 6.07) is 7.62. The molecule has 0 heterocycles. The smallest absolute Gasteiger partial charge is 0.182 e. The average Bonchev–Trinajstić information content (AvgIpc) is 2.30. The molecule has 1 rings (SSSR count). The second-order valence-corrected chi connectivity index (χ2v) is 4.23. The number of nitrogens with one attached hydrogen (secondary N) is 1. The fraction of sp³-hybridized carbons (Fsp3) is 0.385. The van der Waals surface area contributed by atoms with Crippen LogP contribution in [0, 0.1) is 11.5 Å². The van der Waals surface area contributed by atoms with Gasteiger partial charge in [-0.1, -0.05) is 30.7 Å². The molecule has 1 atom stereocenters. The lowest BCUT2D eigenvalue weighted by Gasteiger charge is -2.10. The standard InChI is InChI=1S/C13H16ClN3/c1-3-4-13(16-9-15)17-10(2)11-5-7-12(14)8-6-11/h5-8,10H,3-4H2,1-2H3,(H,16,17)/t10-/m1/s1. The largest absolute Gasteiger partial charge is 0.281 e. The van der Waals surface area contributed by atoms with E-state index in [0.717, 1.165) is 24.2 Å². The van der Waals surface area contributed by atoms with Gasteiger partial charge in [-0.25, -0.2) is 0 Å². The predicted molar refractivity (Wildman–Crippen MR) is 71.0 cm³/mol. The first-order valence-electron chi connectivity index (χ1n) is 5.64. The summed E-state index contributed by atoms with van der Waals surface area (Å²) in [5, 5.41) is 12.0. The van der Waals surface area contributed by atoms with Crippen LogP contribution in [0.4, 0.5) is 0 Å². The highest BCUT2D eigenvalue weighted by Gasteiger charge is 2.05. The zero-order valence-corrected chi connectivity index (χ0v) is 10.8. The minimum absolute atomic E-state index is 0.0228. The number of hydrogen-bond acceptors (Lipinski definition) is 2. The molecule has 1 N–H and O–H groups in total. The minimum atomic E-state index is 0.0228. The average molecular weight is 250 g/mol. The van der Waals surface area contributed by atoms with Crippen LogP contribution in [0.25, 0.3) is 0 Å². The number of benzene rings is 1. The van der Waals surface area contributed by atoms with Crippen molar-refractivity contribution in [3.8, 4) is 6.19 Å². The van der Waals surface area contributed by atoms with E-state index < -0.39 is 0 Å². The molecule has 90 valence electrons. The van der Waals surface area contributed by atoms with Gasteiger partial charge in [-0.3, -0.25) is 10.3 Å². The molecule has 4 heteroatoms. The Kier molecular flexibility index (Phi) is 5.51. The number of hydrogen-bond donors (Lipinski definition) is 1. The van der Waals surface area contributed by atoms with Crippen LogP contribution in [0.15, 0.2) is 29.3 Å². The van der Waals surface area contributed by atoms with Crippen LogP contribution >= 0.6 is 11.6 Å². The van der Waals surface area contributed by atoms with E-state index in [1.165, 1.54) is 0 Å². The van der Waals surface area contributed by atoms with Gasteiger partial charge in [0.25, 0.3) is 0 Å². The van der Waals surface area contributed by atoms with Gasteiger partial charge >= 0.3 is 0 Å². The first kappa shape index (κ1) is 13.5. The lowest BCUT2D eigenvalue weighted by molar-refractivity contribution is 0.798. The summed E-state index contributed by atoms with van der Waals surface area (Å²) in [5.74, 6) is 0.734. The van der Waals surface area contributed by atoms with E-state index >= 15 is 0 Å². The van der Waals surface area contributed by atoms with Gasteiger partial charge in [0.2, 0.25) is 0 Å². The maximum Gasteiger partial charge on any atom is 0.182 e. The van der Waals surface area contributed by atoms with Crippen LogP contribution in [0.1, 0.15) is 38.3 Å². The maximum atomic E-state index is 8.62. The molecule has 17 heavy (non-hydrogen) atoms. The summed E-state index contributed by atoms with van der Waals surface area (Å²) in [6.07, 6.45) is 3.66. The third-order valence-electron chi connectivity index (χ3n) is 2.39. The summed E-state index contributed by atoms with van der Waals surface area (Å²) in [7, 11) is 0. The Morgan fingerprint density at radius 1 is 1.47 bits per heavy atom. The SMILES string of the molecule is CCCC(=N[C@H](C)c1ccc(Cl)cc1)NC#N. The summed E-state index contributed by atoms with van der Waals surface area (Å²) in [6.45, 7) is 4.06. The number of halogens is 1. The normalized spacial score (nSPS) is 12.9. The molecule has 0 unspecified atom stereocenters. The molecule has 0 fully saturated rings. The highest BCUT2D eigenvalue weighted by atomic mass is 35.5. The van der Waals surface area contributed by atoms with Gasteiger partial charge in [0, 0.05) is 11.4 Å². The van der Waals surface area contributed by atoms with Crippen molar-refractivity contribution in [3.05, 3.63) is 34.9 Å². The lowest BCUT2D eigenvalue weighted by atomic mass is 10.1. The summed E-state index contributed by atoms with van der Waals surface area (Å²) >= 11 is 5.83. The van der Waals surface area contributed by atoms with Crippen LogP contribution in [-0.4, -0.2) is 5.84 Å². The molecule has 0 saturated carbocycles. The number of aliphatic imine (C=N–C) groups is 1. The van der Waals surface area contributed by atoms with Crippen molar-refractivity contribution in [1.29, 1.82) is 5.26 Å². The highest BCUT2D eigenvalue weighted by molar-refractivity contribution is 6.30. The quantitative estimate of drug-likeness (QED) is 0.383. The zero-order chi connectivity index (χ0) is 12.7. The lowest BCUT2D eigenvalue weighted by Crippen LogP contribution is -2.18. The molecule has 0 aromatic heterocycles. The third kappa shape index (κ3) is 4.46. The van der Waals surface area contributed by atoms with Gasteiger partial charge in [0.15, 0.2) is 6.19 Å². The first-order valence-corrected chi connectivity index (χ1v) is 6.02. The van der Waals surface area contributed by atoms with Gasteiger partial charge < -0.3 is 0 Å². The fourth-order valence-corrected chi connectivity index (χ4v) is 1.64. The Bertz CT molecular complexity index is 417. The first-order chi connectivity index (χ1) is 8.17. The molecule has 3 nitrogen and oxygen atoms in total. The molecule has 1 aromatic rings. The van der Waals surface area contributed by atoms with E-state index in [-0.39, 0.29) is 6.04 Å². The number of amidine groups is 1. The Morgan fingerprint density at radius 2 is 2.12 bits per heavy atom. The molecule has 0 aliphatic carbocycles. The molecule has 0 aliphatic heterocycles. The van der Waals surface area contributed by atoms with Gasteiger partial charge in [0.1, 0.15) is 5.84 Å². The molecule has 0 radical (unpaired) electrons. The summed E-state index contributed by atoms with van der Waals surface area (Å²) < 4.78 is 0. The molecule has 1 aromatic carbocycles. The predicted octanol–water partition coefficient (Wildman–Crippen LogP) is 3.67. The monoisotopic (exact) mass is 249 g/mol. The Balaban J connectivity index is 2.81. The molecule has 0 aliphatic rings. The summed E-state index contributed by atoms with van der Waals surface area (Å²) in [4.78, 5) is 4.50. The van der Waals surface area contributed by atoms with Crippen molar-refractivity contribution in [3.63, 3.8) is 0 Å². The molecule has 0 spiro atoms. The van der Waals surface area contributed by atoms with Crippen LogP contribution in [0.5, 0.6) is 0 Å². The molecule has 0 amide bonds. The number of rotatable bonds is 4. The van der Waals surface area contributed by atoms with E-state index in [9.17, 15) is 0 Å². The van der Waals surface area contributed by atoms with Gasteiger partial charge in [-0.15, -0.1) is 0 Å². The second kappa shape index (κ2) is 6.93. The molecular formula is C13H16ClN3. The topological polar surface area (TPSA) is 48.2 Å². The Hall–Kier alpha value is -1.53. The van der Waals surface area contributed by atoms with E-state index in [0.29, 0.717) is 5.02 Å². The van der Waals surface area contributed by atoms with Crippen LogP contribution in [-0.2, 0) is 0 Å². The van der Waals surface area contributed by atoms with Gasteiger partial charge in [-0.05, 0) is 31.0 Å². The van der Waals surface area contributed by atoms with Crippen molar-refractivity contribution in [2.24, 2.45) is 4.99 Å². The van der Waals surface area contributed by atoms with Crippen LogP contribution < -0.4 is 5.32 Å². The Labute approximate surface area is 107 Å². The van der Waals surface area contributed by atoms with Crippen molar-refractivity contribution in [2.75, 3.05) is 0 Å². The molecule has 0 saturated heterocycles. The molecule has 0 bridgehead atoms. The van der Waals surface area contributed by atoms with E-state index in [4.69, 9.17) is 16.9 Å². The number of nitriles is 1. The highest BCUT2D eigenvalue weighted by Crippen LogP contribution is 2.19. The third-order valence-corrected chi connectivity index (χ3v) is 2.64. The van der Waals surface area contributed by atoms with Crippen molar-refractivity contribution >= 4 is 17.4 Å². The van der Waals surface area contributed by atoms with Crippen LogP contribution in [0.2, 0.25) is 5.02 Å². The van der Waals surface area contributed by atoms with Crippen LogP contribution in [0.3, 0.4) is 0 Å². The minimum Gasteiger partial charge on any atom is -0.281 e. The maximum absolute atomic E-state index is 8.62.